The first-order valence-corrected chi connectivity index (χ1v) is 14.2. The van der Waals surface area contributed by atoms with E-state index >= 15 is 0 Å². The second-order valence-corrected chi connectivity index (χ2v) is 11.3. The Hall–Kier alpha value is -4.17. The highest BCUT2D eigenvalue weighted by Crippen LogP contribution is 2.35. The molecule has 1 aliphatic rings. The summed E-state index contributed by atoms with van der Waals surface area (Å²) in [7, 11) is -2.31. The number of anilines is 4. The van der Waals surface area contributed by atoms with Crippen molar-refractivity contribution >= 4 is 49.8 Å². The van der Waals surface area contributed by atoms with Gasteiger partial charge in [0.1, 0.15) is 17.2 Å². The van der Waals surface area contributed by atoms with Crippen molar-refractivity contribution in [1.82, 2.24) is 25.3 Å². The number of benzene rings is 1. The van der Waals surface area contributed by atoms with E-state index in [-0.39, 0.29) is 18.3 Å². The lowest BCUT2D eigenvalue weighted by Gasteiger charge is -2.20. The van der Waals surface area contributed by atoms with Crippen molar-refractivity contribution in [3.05, 3.63) is 71.7 Å². The number of aromatic nitrogens is 4. The Balaban J connectivity index is 1.43. The van der Waals surface area contributed by atoms with E-state index in [0.717, 1.165) is 46.5 Å². The van der Waals surface area contributed by atoms with Crippen molar-refractivity contribution < 1.29 is 21.6 Å². The smallest absolute Gasteiger partial charge is 0.365 e. The van der Waals surface area contributed by atoms with Crippen LogP contribution in [-0.4, -0.2) is 54.7 Å². The Kier molecular flexibility index (Phi) is 7.38. The molecule has 0 spiro atoms. The quantitative estimate of drug-likeness (QED) is 0.243. The zero-order valence-electron chi connectivity index (χ0n) is 21.7. The molecule has 14 heteroatoms. The van der Waals surface area contributed by atoms with Crippen LogP contribution in [0.25, 0.3) is 16.5 Å². The number of aromatic amines is 1. The molecule has 4 N–H and O–H groups in total. The van der Waals surface area contributed by atoms with Crippen LogP contribution in [0.2, 0.25) is 0 Å². The van der Waals surface area contributed by atoms with Crippen LogP contribution in [0.4, 0.5) is 36.4 Å². The fourth-order valence-corrected chi connectivity index (χ4v) is 4.91. The van der Waals surface area contributed by atoms with E-state index in [1.165, 1.54) is 18.8 Å². The van der Waals surface area contributed by atoms with Gasteiger partial charge in [-0.15, -0.1) is 0 Å². The molecule has 0 bridgehead atoms. The third kappa shape index (κ3) is 5.87. The Labute approximate surface area is 228 Å². The van der Waals surface area contributed by atoms with Gasteiger partial charge < -0.3 is 20.9 Å². The predicted octanol–water partition coefficient (Wildman–Crippen LogP) is 4.50. The third-order valence-corrected chi connectivity index (χ3v) is 7.72. The molecule has 40 heavy (non-hydrogen) atoms. The van der Waals surface area contributed by atoms with Gasteiger partial charge in [0.15, 0.2) is 0 Å². The Morgan fingerprint density at radius 1 is 1.18 bits per heavy atom. The minimum absolute atomic E-state index is 0.0346. The molecule has 5 rings (SSSR count). The monoisotopic (exact) mass is 572 g/mol. The van der Waals surface area contributed by atoms with E-state index in [4.69, 9.17) is 0 Å². The van der Waals surface area contributed by atoms with Crippen LogP contribution in [0.3, 0.4) is 0 Å². The first-order valence-electron chi connectivity index (χ1n) is 12.3. The number of nitrogens with one attached hydrogen (secondary N) is 4. The van der Waals surface area contributed by atoms with Gasteiger partial charge in [-0.05, 0) is 42.8 Å². The van der Waals surface area contributed by atoms with E-state index in [1.54, 1.807) is 18.2 Å². The summed E-state index contributed by atoms with van der Waals surface area (Å²) in [4.78, 5) is 15.4. The lowest BCUT2D eigenvalue weighted by molar-refractivity contribution is -0.137. The highest BCUT2D eigenvalue weighted by Gasteiger charge is 2.35. The van der Waals surface area contributed by atoms with Gasteiger partial charge in [-0.3, -0.25) is 4.31 Å². The third-order valence-electron chi connectivity index (χ3n) is 6.55. The van der Waals surface area contributed by atoms with Gasteiger partial charge in [-0.25, -0.2) is 18.4 Å². The summed E-state index contributed by atoms with van der Waals surface area (Å²) >= 11 is 0. The molecule has 4 aromatic rings. The van der Waals surface area contributed by atoms with E-state index in [2.05, 4.69) is 42.0 Å². The largest absolute Gasteiger partial charge is 0.421 e. The fraction of sp³-hybridized carbons (Fsp3) is 0.269. The van der Waals surface area contributed by atoms with Crippen LogP contribution in [-0.2, 0) is 22.7 Å². The van der Waals surface area contributed by atoms with Crippen LogP contribution in [0.5, 0.6) is 0 Å². The molecule has 1 aromatic carbocycles. The molecule has 4 heterocycles. The number of halogens is 3. The normalized spacial score (nSPS) is 14.2. The standard InChI is InChI=1S/C26H27F3N8O2S/c1-37(40(2,38)39)24-17(4-3-9-31-24)13-33-23-21(26(27,28)29)15-34-25(36-23)35-18-5-6-22-19(12-18)20(14-32-22)16-7-10-30-11-8-16/h3-7,9,12,14-15,30,32H,8,10-11,13H2,1-2H3,(H2,33,34,35,36). The zero-order valence-corrected chi connectivity index (χ0v) is 22.5. The minimum Gasteiger partial charge on any atom is -0.365 e. The van der Waals surface area contributed by atoms with Crippen molar-refractivity contribution in [3.63, 3.8) is 0 Å². The molecule has 0 saturated heterocycles. The lowest BCUT2D eigenvalue weighted by Crippen LogP contribution is -2.27. The fourth-order valence-electron chi connectivity index (χ4n) is 4.43. The Morgan fingerprint density at radius 2 is 2.00 bits per heavy atom. The van der Waals surface area contributed by atoms with Gasteiger partial charge in [0.05, 0.1) is 6.26 Å². The molecular weight excluding hydrogens is 545 g/mol. The number of rotatable bonds is 8. The number of nitrogens with zero attached hydrogens (tertiary/aromatic N) is 4. The van der Waals surface area contributed by atoms with Crippen LogP contribution in [0.1, 0.15) is 23.1 Å². The highest BCUT2D eigenvalue weighted by atomic mass is 32.2. The first-order chi connectivity index (χ1) is 19.0. The van der Waals surface area contributed by atoms with Gasteiger partial charge in [0, 0.05) is 66.4 Å². The van der Waals surface area contributed by atoms with Crippen molar-refractivity contribution in [2.45, 2.75) is 19.1 Å². The maximum absolute atomic E-state index is 13.8. The summed E-state index contributed by atoms with van der Waals surface area (Å²) in [6, 6.07) is 8.72. The summed E-state index contributed by atoms with van der Waals surface area (Å²) in [5.41, 5.74) is 3.15. The summed E-state index contributed by atoms with van der Waals surface area (Å²) in [5, 5.41) is 9.97. The van der Waals surface area contributed by atoms with Gasteiger partial charge in [-0.2, -0.15) is 18.2 Å². The van der Waals surface area contributed by atoms with Crippen LogP contribution in [0.15, 0.2) is 55.0 Å². The van der Waals surface area contributed by atoms with Gasteiger partial charge in [0.25, 0.3) is 0 Å². The summed E-state index contributed by atoms with van der Waals surface area (Å²) in [6.45, 7) is 1.52. The SMILES string of the molecule is CN(c1ncccc1CNc1nc(Nc2ccc3[nH]cc(C4=CCNCC4)c3c2)ncc1C(F)(F)F)S(C)(=O)=O. The predicted molar refractivity (Wildman–Crippen MR) is 149 cm³/mol. The molecular formula is C26H27F3N8O2S. The number of sulfonamides is 1. The number of hydrogen-bond acceptors (Lipinski definition) is 8. The van der Waals surface area contributed by atoms with E-state index in [1.807, 2.05) is 18.3 Å². The van der Waals surface area contributed by atoms with Crippen LogP contribution in [0, 0.1) is 0 Å². The minimum atomic E-state index is -4.72. The number of H-pyrrole nitrogens is 1. The second-order valence-electron chi connectivity index (χ2n) is 9.30. The molecule has 0 fully saturated rings. The number of pyridine rings is 1. The topological polar surface area (TPSA) is 128 Å². The molecule has 3 aromatic heterocycles. The lowest BCUT2D eigenvalue weighted by atomic mass is 9.99. The van der Waals surface area contributed by atoms with Crippen LogP contribution < -0.4 is 20.3 Å². The molecule has 210 valence electrons. The molecule has 1 aliphatic heterocycles. The van der Waals surface area contributed by atoms with Crippen molar-refractivity contribution in [1.29, 1.82) is 0 Å². The van der Waals surface area contributed by atoms with Crippen molar-refractivity contribution in [3.8, 4) is 0 Å². The molecule has 0 amide bonds. The van der Waals surface area contributed by atoms with E-state index in [0.29, 0.717) is 17.4 Å². The van der Waals surface area contributed by atoms with Crippen molar-refractivity contribution in [2.75, 3.05) is 41.3 Å². The van der Waals surface area contributed by atoms with E-state index < -0.39 is 27.6 Å². The molecule has 0 radical (unpaired) electrons. The highest BCUT2D eigenvalue weighted by molar-refractivity contribution is 7.92. The van der Waals surface area contributed by atoms with Gasteiger partial charge in [0.2, 0.25) is 16.0 Å². The van der Waals surface area contributed by atoms with Crippen molar-refractivity contribution in [2.24, 2.45) is 0 Å². The Morgan fingerprint density at radius 3 is 2.73 bits per heavy atom. The first kappa shape index (κ1) is 27.4. The Bertz CT molecular complexity index is 1690. The van der Waals surface area contributed by atoms with E-state index in [9.17, 15) is 21.6 Å². The van der Waals surface area contributed by atoms with Crippen LogP contribution >= 0.6 is 0 Å². The van der Waals surface area contributed by atoms with Gasteiger partial charge >= 0.3 is 6.18 Å². The average Bonchev–Trinajstić information content (AvgIpc) is 3.34. The summed E-state index contributed by atoms with van der Waals surface area (Å²) in [5.74, 6) is -0.393. The molecule has 0 aliphatic carbocycles. The van der Waals surface area contributed by atoms with Gasteiger partial charge in [-0.1, -0.05) is 12.1 Å². The number of alkyl halides is 3. The number of fused-ring (bicyclic) bond motifs is 1. The average molecular weight is 573 g/mol. The number of hydrogen-bond donors (Lipinski definition) is 4. The molecule has 0 atom stereocenters. The summed E-state index contributed by atoms with van der Waals surface area (Å²) < 4.78 is 66.4. The second kappa shape index (κ2) is 10.8. The molecule has 0 unspecified atom stereocenters. The zero-order chi connectivity index (χ0) is 28.5. The molecule has 0 saturated carbocycles. The maximum atomic E-state index is 13.8. The summed E-state index contributed by atoms with van der Waals surface area (Å²) in [6.07, 6.45) is 3.40. The maximum Gasteiger partial charge on any atom is 0.421 e. The molecule has 10 nitrogen and oxygen atoms in total.